The summed E-state index contributed by atoms with van der Waals surface area (Å²) in [5.41, 5.74) is 7.47. The molecule has 15 heavy (non-hydrogen) atoms. The van der Waals surface area contributed by atoms with Crippen molar-refractivity contribution in [2.75, 3.05) is 5.32 Å². The van der Waals surface area contributed by atoms with Crippen molar-refractivity contribution >= 4 is 17.7 Å². The van der Waals surface area contributed by atoms with E-state index >= 15 is 0 Å². The van der Waals surface area contributed by atoms with E-state index in [0.717, 1.165) is 11.3 Å². The first-order chi connectivity index (χ1) is 7.08. The molecule has 0 spiro atoms. The Morgan fingerprint density at radius 3 is 2.47 bits per heavy atom. The van der Waals surface area contributed by atoms with Crippen LogP contribution in [0, 0.1) is 0 Å². The maximum absolute atomic E-state index is 10.8. The number of amides is 1. The summed E-state index contributed by atoms with van der Waals surface area (Å²) in [6.07, 6.45) is 3.88. The van der Waals surface area contributed by atoms with Gasteiger partial charge in [-0.25, -0.2) is 0 Å². The third-order valence-corrected chi connectivity index (χ3v) is 1.82. The van der Waals surface area contributed by atoms with E-state index in [1.807, 2.05) is 43.3 Å². The molecular formula is C12H16N2O. The molecule has 0 aliphatic heterocycles. The number of carbonyl (C=O) groups excluding carboxylic acids is 1. The van der Waals surface area contributed by atoms with E-state index < -0.39 is 0 Å². The highest BCUT2D eigenvalue weighted by molar-refractivity contribution is 5.88. The second-order valence-corrected chi connectivity index (χ2v) is 3.52. The monoisotopic (exact) mass is 204 g/mol. The first-order valence-electron chi connectivity index (χ1n) is 4.89. The van der Waals surface area contributed by atoms with Gasteiger partial charge in [-0.1, -0.05) is 24.3 Å². The van der Waals surface area contributed by atoms with E-state index in [1.54, 1.807) is 0 Å². The Bertz CT molecular complexity index is 352. The Morgan fingerprint density at radius 1 is 1.40 bits per heavy atom. The highest BCUT2D eigenvalue weighted by Gasteiger charge is 1.94. The van der Waals surface area contributed by atoms with Crippen LogP contribution in [-0.4, -0.2) is 11.9 Å². The Hall–Kier alpha value is -1.61. The highest BCUT2D eigenvalue weighted by atomic mass is 16.1. The Kier molecular flexibility index (Phi) is 4.06. The van der Waals surface area contributed by atoms with E-state index in [-0.39, 0.29) is 11.9 Å². The molecule has 0 bridgehead atoms. The lowest BCUT2D eigenvalue weighted by Crippen LogP contribution is -2.09. The fourth-order valence-electron chi connectivity index (χ4n) is 1.14. The molecule has 3 heteroatoms. The number of carbonyl (C=O) groups is 1. The van der Waals surface area contributed by atoms with Crippen molar-refractivity contribution in [2.45, 2.75) is 19.9 Å². The maximum atomic E-state index is 10.8. The van der Waals surface area contributed by atoms with Gasteiger partial charge in [-0.05, 0) is 24.6 Å². The van der Waals surface area contributed by atoms with Crippen molar-refractivity contribution < 1.29 is 4.79 Å². The van der Waals surface area contributed by atoms with Crippen molar-refractivity contribution in [3.8, 4) is 0 Å². The van der Waals surface area contributed by atoms with Gasteiger partial charge in [0.2, 0.25) is 5.91 Å². The number of benzene rings is 1. The number of nitrogens with two attached hydrogens (primary N) is 1. The second kappa shape index (κ2) is 5.32. The summed E-state index contributed by atoms with van der Waals surface area (Å²) in [6, 6.07) is 7.65. The van der Waals surface area contributed by atoms with Crippen molar-refractivity contribution in [1.29, 1.82) is 0 Å². The van der Waals surface area contributed by atoms with Crippen LogP contribution in [-0.2, 0) is 4.79 Å². The first-order valence-corrected chi connectivity index (χ1v) is 4.89. The zero-order valence-corrected chi connectivity index (χ0v) is 9.03. The number of anilines is 1. The van der Waals surface area contributed by atoms with Crippen LogP contribution in [0.5, 0.6) is 0 Å². The van der Waals surface area contributed by atoms with Crippen LogP contribution in [0.3, 0.4) is 0 Å². The van der Waals surface area contributed by atoms with Crippen molar-refractivity contribution in [3.05, 3.63) is 35.9 Å². The lowest BCUT2D eigenvalue weighted by atomic mass is 10.1. The molecule has 0 aliphatic rings. The average Bonchev–Trinajstić information content (AvgIpc) is 2.16. The third kappa shape index (κ3) is 4.42. The smallest absolute Gasteiger partial charge is 0.221 e. The average molecular weight is 204 g/mol. The predicted octanol–water partition coefficient (Wildman–Crippen LogP) is 2.01. The molecule has 1 aromatic carbocycles. The summed E-state index contributed by atoms with van der Waals surface area (Å²) in [4.78, 5) is 10.8. The predicted molar refractivity (Wildman–Crippen MR) is 63.4 cm³/mol. The van der Waals surface area contributed by atoms with Crippen molar-refractivity contribution in [3.63, 3.8) is 0 Å². The van der Waals surface area contributed by atoms with Crippen molar-refractivity contribution in [2.24, 2.45) is 5.73 Å². The van der Waals surface area contributed by atoms with Gasteiger partial charge in [0.25, 0.3) is 0 Å². The van der Waals surface area contributed by atoms with Crippen LogP contribution in [0.4, 0.5) is 5.69 Å². The molecule has 0 saturated heterocycles. The molecular weight excluding hydrogens is 188 g/mol. The van der Waals surface area contributed by atoms with E-state index in [4.69, 9.17) is 5.73 Å². The van der Waals surface area contributed by atoms with E-state index in [0.29, 0.717) is 0 Å². The van der Waals surface area contributed by atoms with Gasteiger partial charge in [0.1, 0.15) is 0 Å². The van der Waals surface area contributed by atoms with Gasteiger partial charge in [-0.15, -0.1) is 0 Å². The fourth-order valence-corrected chi connectivity index (χ4v) is 1.14. The number of rotatable bonds is 3. The van der Waals surface area contributed by atoms with E-state index in [9.17, 15) is 4.79 Å². The van der Waals surface area contributed by atoms with Gasteiger partial charge in [0.15, 0.2) is 0 Å². The molecule has 1 aromatic rings. The van der Waals surface area contributed by atoms with Gasteiger partial charge in [0, 0.05) is 18.7 Å². The Labute approximate surface area is 90.0 Å². The lowest BCUT2D eigenvalue weighted by molar-refractivity contribution is -0.114. The second-order valence-electron chi connectivity index (χ2n) is 3.52. The molecule has 1 unspecified atom stereocenters. The molecule has 1 rings (SSSR count). The number of hydrogen-bond donors (Lipinski definition) is 2. The summed E-state index contributed by atoms with van der Waals surface area (Å²) in [7, 11) is 0. The molecule has 0 aromatic heterocycles. The SMILES string of the molecule is CC(=O)Nc1ccc(/C=C/C(C)N)cc1. The summed E-state index contributed by atoms with van der Waals surface area (Å²) in [6.45, 7) is 3.41. The first kappa shape index (κ1) is 11.5. The normalized spacial score (nSPS) is 12.7. The molecule has 3 N–H and O–H groups in total. The molecule has 0 saturated carbocycles. The molecule has 0 aliphatic carbocycles. The number of hydrogen-bond acceptors (Lipinski definition) is 2. The lowest BCUT2D eigenvalue weighted by Gasteiger charge is -2.02. The van der Waals surface area contributed by atoms with Gasteiger partial charge < -0.3 is 11.1 Å². The summed E-state index contributed by atoms with van der Waals surface area (Å²) in [5, 5.41) is 2.71. The minimum Gasteiger partial charge on any atom is -0.326 e. The summed E-state index contributed by atoms with van der Waals surface area (Å²) < 4.78 is 0. The largest absolute Gasteiger partial charge is 0.326 e. The Balaban J connectivity index is 2.68. The van der Waals surface area contributed by atoms with Crippen LogP contribution >= 0.6 is 0 Å². The minimum atomic E-state index is -0.0612. The van der Waals surface area contributed by atoms with E-state index in [1.165, 1.54) is 6.92 Å². The van der Waals surface area contributed by atoms with Crippen LogP contribution in [0.25, 0.3) is 6.08 Å². The fraction of sp³-hybridized carbons (Fsp3) is 0.250. The zero-order valence-electron chi connectivity index (χ0n) is 9.03. The topological polar surface area (TPSA) is 55.1 Å². The maximum Gasteiger partial charge on any atom is 0.221 e. The van der Waals surface area contributed by atoms with E-state index in [2.05, 4.69) is 5.32 Å². The van der Waals surface area contributed by atoms with Crippen LogP contribution in [0.2, 0.25) is 0 Å². The van der Waals surface area contributed by atoms with Crippen molar-refractivity contribution in [1.82, 2.24) is 0 Å². The molecule has 3 nitrogen and oxygen atoms in total. The molecule has 1 amide bonds. The van der Waals surface area contributed by atoms with Crippen LogP contribution in [0.1, 0.15) is 19.4 Å². The highest BCUT2D eigenvalue weighted by Crippen LogP contribution is 2.10. The Morgan fingerprint density at radius 2 is 2.00 bits per heavy atom. The van der Waals surface area contributed by atoms with Gasteiger partial charge in [-0.2, -0.15) is 0 Å². The summed E-state index contributed by atoms with van der Waals surface area (Å²) in [5.74, 6) is -0.0612. The molecule has 0 radical (unpaired) electrons. The summed E-state index contributed by atoms with van der Waals surface area (Å²) >= 11 is 0. The molecule has 0 fully saturated rings. The molecule has 80 valence electrons. The van der Waals surface area contributed by atoms with Gasteiger partial charge in [-0.3, -0.25) is 4.79 Å². The minimum absolute atomic E-state index is 0.0556. The van der Waals surface area contributed by atoms with Crippen LogP contribution in [0.15, 0.2) is 30.3 Å². The zero-order chi connectivity index (χ0) is 11.3. The molecule has 1 atom stereocenters. The van der Waals surface area contributed by atoms with Crippen LogP contribution < -0.4 is 11.1 Å². The number of nitrogens with one attached hydrogen (secondary N) is 1. The van der Waals surface area contributed by atoms with Gasteiger partial charge in [0.05, 0.1) is 0 Å². The molecule has 0 heterocycles. The standard InChI is InChI=1S/C12H16N2O/c1-9(13)3-4-11-5-7-12(8-6-11)14-10(2)15/h3-9H,13H2,1-2H3,(H,14,15)/b4-3+. The van der Waals surface area contributed by atoms with Gasteiger partial charge >= 0.3 is 0 Å². The third-order valence-electron chi connectivity index (χ3n) is 1.82. The quantitative estimate of drug-likeness (QED) is 0.791.